The van der Waals surface area contributed by atoms with Crippen LogP contribution in [0.4, 0.5) is 0 Å². The summed E-state index contributed by atoms with van der Waals surface area (Å²) < 4.78 is 0. The van der Waals surface area contributed by atoms with Crippen molar-refractivity contribution in [1.29, 1.82) is 0 Å². The number of thioether (sulfide) groups is 1. The number of carbonyl (C=O) groups excluding carboxylic acids is 1. The molecule has 1 saturated carbocycles. The monoisotopic (exact) mass is 285 g/mol. The number of hydrogen-bond acceptors (Lipinski definition) is 3. The molecule has 1 aromatic rings. The Morgan fingerprint density at radius 2 is 2.33 bits per heavy atom. The molecule has 1 fully saturated rings. The van der Waals surface area contributed by atoms with E-state index in [2.05, 4.69) is 5.32 Å². The number of rotatable bonds is 5. The minimum Gasteiger partial charge on any atom is -0.391 e. The average molecular weight is 286 g/mol. The Labute approximate surface area is 116 Å². The third kappa shape index (κ3) is 3.40. The number of aliphatic hydroxyl groups excluding tert-OH is 1. The largest absolute Gasteiger partial charge is 0.391 e. The molecule has 0 aromatic heterocycles. The van der Waals surface area contributed by atoms with Crippen LogP contribution < -0.4 is 5.32 Å². The lowest BCUT2D eigenvalue weighted by Crippen LogP contribution is -2.33. The summed E-state index contributed by atoms with van der Waals surface area (Å²) in [5, 5.41) is 12.9. The number of benzene rings is 1. The number of carbonyl (C=O) groups is 1. The Bertz CT molecular complexity index is 449. The van der Waals surface area contributed by atoms with Gasteiger partial charge in [-0.05, 0) is 43.2 Å². The van der Waals surface area contributed by atoms with Gasteiger partial charge in [0.15, 0.2) is 0 Å². The minimum absolute atomic E-state index is 0.226. The summed E-state index contributed by atoms with van der Waals surface area (Å²) in [6, 6.07) is 5.37. The highest BCUT2D eigenvalue weighted by Crippen LogP contribution is 2.32. The minimum atomic E-state index is -0.434. The van der Waals surface area contributed by atoms with Crippen molar-refractivity contribution in [2.75, 3.05) is 12.8 Å². The second kappa shape index (κ2) is 5.95. The zero-order valence-electron chi connectivity index (χ0n) is 10.1. The van der Waals surface area contributed by atoms with E-state index >= 15 is 0 Å². The maximum absolute atomic E-state index is 12.0. The van der Waals surface area contributed by atoms with Crippen LogP contribution >= 0.6 is 23.4 Å². The van der Waals surface area contributed by atoms with Crippen molar-refractivity contribution in [1.82, 2.24) is 5.32 Å². The second-order valence-electron chi connectivity index (χ2n) is 4.46. The number of hydrogen-bond donors (Lipinski definition) is 2. The lowest BCUT2D eigenvalue weighted by atomic mass is 10.2. The quantitative estimate of drug-likeness (QED) is 0.818. The third-order valence-corrected chi connectivity index (χ3v) is 4.11. The molecule has 1 amide bonds. The van der Waals surface area contributed by atoms with E-state index in [1.807, 2.05) is 12.3 Å². The van der Waals surface area contributed by atoms with Crippen molar-refractivity contribution >= 4 is 29.3 Å². The van der Waals surface area contributed by atoms with Crippen molar-refractivity contribution < 1.29 is 9.90 Å². The summed E-state index contributed by atoms with van der Waals surface area (Å²) in [6.45, 7) is 0.295. The predicted octanol–water partition coefficient (Wildman–Crippen LogP) is 2.56. The number of aliphatic hydroxyl groups is 1. The maximum atomic E-state index is 12.0. The lowest BCUT2D eigenvalue weighted by molar-refractivity contribution is 0.0901. The summed E-state index contributed by atoms with van der Waals surface area (Å²) in [6.07, 6.45) is 3.62. The van der Waals surface area contributed by atoms with Crippen LogP contribution in [0.2, 0.25) is 5.02 Å². The van der Waals surface area contributed by atoms with E-state index in [-0.39, 0.29) is 5.91 Å². The molecule has 0 bridgehead atoms. The van der Waals surface area contributed by atoms with Gasteiger partial charge in [-0.1, -0.05) is 11.6 Å². The van der Waals surface area contributed by atoms with Crippen molar-refractivity contribution in [2.45, 2.75) is 23.8 Å². The summed E-state index contributed by atoms with van der Waals surface area (Å²) >= 11 is 7.57. The van der Waals surface area contributed by atoms with Crippen LogP contribution in [0, 0.1) is 5.92 Å². The molecular formula is C13H16ClNO2S. The van der Waals surface area contributed by atoms with E-state index in [1.54, 1.807) is 23.9 Å². The fraction of sp³-hybridized carbons (Fsp3) is 0.462. The molecule has 0 radical (unpaired) electrons. The highest BCUT2D eigenvalue weighted by atomic mass is 35.5. The van der Waals surface area contributed by atoms with Gasteiger partial charge in [0.2, 0.25) is 0 Å². The van der Waals surface area contributed by atoms with Crippen LogP contribution in [-0.2, 0) is 0 Å². The zero-order valence-corrected chi connectivity index (χ0v) is 11.7. The molecule has 0 spiro atoms. The van der Waals surface area contributed by atoms with E-state index in [1.165, 1.54) is 0 Å². The van der Waals surface area contributed by atoms with Crippen molar-refractivity contribution in [3.63, 3.8) is 0 Å². The second-order valence-corrected chi connectivity index (χ2v) is 5.75. The first kappa shape index (κ1) is 13.7. The van der Waals surface area contributed by atoms with E-state index in [9.17, 15) is 9.90 Å². The first-order valence-corrected chi connectivity index (χ1v) is 7.52. The fourth-order valence-corrected chi connectivity index (χ4v) is 2.39. The van der Waals surface area contributed by atoms with Crippen molar-refractivity contribution in [3.05, 3.63) is 28.8 Å². The molecule has 1 aromatic carbocycles. The van der Waals surface area contributed by atoms with Gasteiger partial charge in [0.25, 0.3) is 5.91 Å². The SMILES string of the molecule is CSc1ccc(Cl)c(C(=O)NCC(O)C2CC2)c1. The maximum Gasteiger partial charge on any atom is 0.252 e. The summed E-state index contributed by atoms with van der Waals surface area (Å²) in [5.41, 5.74) is 0.464. The van der Waals surface area contributed by atoms with Crippen LogP contribution in [0.3, 0.4) is 0 Å². The van der Waals surface area contributed by atoms with Crippen LogP contribution in [0.1, 0.15) is 23.2 Å². The van der Waals surface area contributed by atoms with Gasteiger partial charge in [-0.2, -0.15) is 0 Å². The summed E-state index contributed by atoms with van der Waals surface area (Å²) in [5.74, 6) is 0.133. The highest BCUT2D eigenvalue weighted by Gasteiger charge is 2.29. The molecule has 1 aliphatic carbocycles. The van der Waals surface area contributed by atoms with E-state index in [4.69, 9.17) is 11.6 Å². The molecule has 2 N–H and O–H groups in total. The molecule has 1 atom stereocenters. The standard InChI is InChI=1S/C13H16ClNO2S/c1-18-9-4-5-11(14)10(6-9)13(17)15-7-12(16)8-2-3-8/h4-6,8,12,16H,2-3,7H2,1H3,(H,15,17). The van der Waals surface area contributed by atoms with Gasteiger partial charge in [0.1, 0.15) is 0 Å². The first-order chi connectivity index (χ1) is 8.61. The van der Waals surface area contributed by atoms with Gasteiger partial charge in [-0.15, -0.1) is 11.8 Å². The van der Waals surface area contributed by atoms with Crippen LogP contribution in [0.15, 0.2) is 23.1 Å². The first-order valence-electron chi connectivity index (χ1n) is 5.91. The Hall–Kier alpha value is -0.710. The van der Waals surface area contributed by atoms with Crippen LogP contribution in [0.5, 0.6) is 0 Å². The van der Waals surface area contributed by atoms with Gasteiger partial charge in [-0.3, -0.25) is 4.79 Å². The van der Waals surface area contributed by atoms with E-state index in [0.717, 1.165) is 17.7 Å². The molecular weight excluding hydrogens is 270 g/mol. The number of nitrogens with one attached hydrogen (secondary N) is 1. The van der Waals surface area contributed by atoms with Gasteiger partial charge < -0.3 is 10.4 Å². The van der Waals surface area contributed by atoms with Gasteiger partial charge in [0, 0.05) is 11.4 Å². The van der Waals surface area contributed by atoms with Crippen LogP contribution in [0.25, 0.3) is 0 Å². The molecule has 0 heterocycles. The van der Waals surface area contributed by atoms with E-state index < -0.39 is 6.10 Å². The van der Waals surface area contributed by atoms with Crippen molar-refractivity contribution in [2.24, 2.45) is 5.92 Å². The third-order valence-electron chi connectivity index (χ3n) is 3.06. The normalized spacial score (nSPS) is 16.4. The van der Waals surface area contributed by atoms with Crippen LogP contribution in [-0.4, -0.2) is 29.9 Å². The lowest BCUT2D eigenvalue weighted by Gasteiger charge is -2.11. The average Bonchev–Trinajstić information content (AvgIpc) is 3.20. The molecule has 5 heteroatoms. The van der Waals surface area contributed by atoms with Gasteiger partial charge >= 0.3 is 0 Å². The topological polar surface area (TPSA) is 49.3 Å². The Morgan fingerprint density at radius 3 is 2.94 bits per heavy atom. The van der Waals surface area contributed by atoms with Crippen molar-refractivity contribution in [3.8, 4) is 0 Å². The molecule has 98 valence electrons. The molecule has 1 unspecified atom stereocenters. The fourth-order valence-electron chi connectivity index (χ4n) is 1.75. The Kier molecular flexibility index (Phi) is 4.54. The van der Waals surface area contributed by atoms with Gasteiger partial charge in [0.05, 0.1) is 16.7 Å². The Morgan fingerprint density at radius 1 is 1.61 bits per heavy atom. The molecule has 18 heavy (non-hydrogen) atoms. The summed E-state index contributed by atoms with van der Waals surface area (Å²) in [4.78, 5) is 13.0. The predicted molar refractivity (Wildman–Crippen MR) is 74.3 cm³/mol. The molecule has 3 nitrogen and oxygen atoms in total. The molecule has 1 aliphatic rings. The smallest absolute Gasteiger partial charge is 0.252 e. The van der Waals surface area contributed by atoms with Gasteiger partial charge in [-0.25, -0.2) is 0 Å². The highest BCUT2D eigenvalue weighted by molar-refractivity contribution is 7.98. The summed E-state index contributed by atoms with van der Waals surface area (Å²) in [7, 11) is 0. The molecule has 0 aliphatic heterocycles. The Balaban J connectivity index is 1.98. The number of halogens is 1. The molecule has 0 saturated heterocycles. The zero-order chi connectivity index (χ0) is 13.1. The van der Waals surface area contributed by atoms with E-state index in [0.29, 0.717) is 23.0 Å². The molecule has 2 rings (SSSR count). The number of amides is 1.